The standard InChI is InChI=1S/C15H19N3O2S/c1-21(19,20)13-4-5-15-14(8-13)16-9-18(15)12-6-10-2-3-11(7-12)17-10/h4-5,8-12,17H,2-3,6-7H2,1H3/t10-,11+,12-. The number of imidazole rings is 1. The van der Waals surface area contributed by atoms with Crippen molar-refractivity contribution in [2.75, 3.05) is 6.26 Å². The zero-order valence-corrected chi connectivity index (χ0v) is 12.8. The molecule has 1 aromatic heterocycles. The van der Waals surface area contributed by atoms with Crippen LogP contribution in [0.5, 0.6) is 0 Å². The molecule has 2 fully saturated rings. The Morgan fingerprint density at radius 2 is 1.95 bits per heavy atom. The summed E-state index contributed by atoms with van der Waals surface area (Å²) in [7, 11) is -3.18. The third kappa shape index (κ3) is 2.26. The van der Waals surface area contributed by atoms with Gasteiger partial charge in [-0.25, -0.2) is 13.4 Å². The van der Waals surface area contributed by atoms with E-state index < -0.39 is 9.84 Å². The van der Waals surface area contributed by atoms with Crippen molar-refractivity contribution in [3.05, 3.63) is 24.5 Å². The first-order chi connectivity index (χ1) is 10.0. The largest absolute Gasteiger partial charge is 0.327 e. The molecule has 2 aromatic rings. The highest BCUT2D eigenvalue weighted by molar-refractivity contribution is 7.90. The lowest BCUT2D eigenvalue weighted by molar-refractivity contribution is 0.303. The van der Waals surface area contributed by atoms with Gasteiger partial charge >= 0.3 is 0 Å². The maximum absolute atomic E-state index is 11.6. The molecule has 112 valence electrons. The number of hydrogen-bond acceptors (Lipinski definition) is 4. The molecule has 2 bridgehead atoms. The Morgan fingerprint density at radius 1 is 1.24 bits per heavy atom. The highest BCUT2D eigenvalue weighted by Crippen LogP contribution is 2.35. The maximum atomic E-state index is 11.6. The second kappa shape index (κ2) is 4.55. The average molecular weight is 305 g/mol. The zero-order chi connectivity index (χ0) is 14.6. The van der Waals surface area contributed by atoms with Crippen molar-refractivity contribution in [3.63, 3.8) is 0 Å². The number of sulfone groups is 1. The van der Waals surface area contributed by atoms with E-state index in [1.807, 2.05) is 12.4 Å². The third-order valence-electron chi connectivity index (χ3n) is 4.82. The summed E-state index contributed by atoms with van der Waals surface area (Å²) in [5.41, 5.74) is 1.80. The molecule has 0 spiro atoms. The fraction of sp³-hybridized carbons (Fsp3) is 0.533. The number of benzene rings is 1. The van der Waals surface area contributed by atoms with Crippen LogP contribution in [0, 0.1) is 0 Å². The Balaban J connectivity index is 1.74. The van der Waals surface area contributed by atoms with Crippen LogP contribution < -0.4 is 5.32 Å². The predicted molar refractivity (Wildman–Crippen MR) is 81.1 cm³/mol. The van der Waals surface area contributed by atoms with Crippen molar-refractivity contribution < 1.29 is 8.42 Å². The minimum atomic E-state index is -3.18. The van der Waals surface area contributed by atoms with Crippen molar-refractivity contribution in [3.8, 4) is 0 Å². The van der Waals surface area contributed by atoms with Gasteiger partial charge in [0, 0.05) is 24.4 Å². The second-order valence-corrected chi connectivity index (χ2v) is 8.35. The molecule has 0 saturated carbocycles. The van der Waals surface area contributed by atoms with Gasteiger partial charge in [-0.1, -0.05) is 0 Å². The van der Waals surface area contributed by atoms with Crippen LogP contribution in [0.1, 0.15) is 31.7 Å². The van der Waals surface area contributed by atoms with Crippen molar-refractivity contribution in [1.29, 1.82) is 0 Å². The van der Waals surface area contributed by atoms with E-state index in [2.05, 4.69) is 14.9 Å². The van der Waals surface area contributed by atoms with Crippen LogP contribution in [0.25, 0.3) is 11.0 Å². The van der Waals surface area contributed by atoms with Gasteiger partial charge in [-0.15, -0.1) is 0 Å². The molecule has 1 aromatic carbocycles. The van der Waals surface area contributed by atoms with Crippen LogP contribution in [-0.2, 0) is 9.84 Å². The van der Waals surface area contributed by atoms with E-state index in [0.717, 1.165) is 23.9 Å². The van der Waals surface area contributed by atoms with Gasteiger partial charge in [0.1, 0.15) is 0 Å². The van der Waals surface area contributed by atoms with Crippen LogP contribution in [-0.4, -0.2) is 36.3 Å². The van der Waals surface area contributed by atoms with E-state index in [9.17, 15) is 8.42 Å². The molecular formula is C15H19N3O2S. The lowest BCUT2D eigenvalue weighted by atomic mass is 9.99. The summed E-state index contributed by atoms with van der Waals surface area (Å²) >= 11 is 0. The van der Waals surface area contributed by atoms with Gasteiger partial charge in [-0.05, 0) is 43.9 Å². The molecule has 0 aliphatic carbocycles. The van der Waals surface area contributed by atoms with E-state index in [-0.39, 0.29) is 0 Å². The number of nitrogens with one attached hydrogen (secondary N) is 1. The van der Waals surface area contributed by atoms with Crippen LogP contribution in [0.2, 0.25) is 0 Å². The van der Waals surface area contributed by atoms with Crippen molar-refractivity contribution in [2.45, 2.75) is 48.7 Å². The van der Waals surface area contributed by atoms with E-state index >= 15 is 0 Å². The van der Waals surface area contributed by atoms with Gasteiger partial charge in [-0.3, -0.25) is 0 Å². The Morgan fingerprint density at radius 3 is 2.62 bits per heavy atom. The van der Waals surface area contributed by atoms with E-state index in [0.29, 0.717) is 23.0 Å². The topological polar surface area (TPSA) is 64.0 Å². The fourth-order valence-electron chi connectivity index (χ4n) is 3.79. The fourth-order valence-corrected chi connectivity index (χ4v) is 4.43. The summed E-state index contributed by atoms with van der Waals surface area (Å²) in [6.07, 6.45) is 7.91. The number of hydrogen-bond donors (Lipinski definition) is 1. The molecule has 0 radical (unpaired) electrons. The highest BCUT2D eigenvalue weighted by Gasteiger charge is 2.34. The Kier molecular flexibility index (Phi) is 2.87. The van der Waals surface area contributed by atoms with Crippen LogP contribution in [0.4, 0.5) is 0 Å². The molecule has 2 saturated heterocycles. The molecule has 2 aliphatic rings. The van der Waals surface area contributed by atoms with Gasteiger partial charge in [0.25, 0.3) is 0 Å². The first-order valence-electron chi connectivity index (χ1n) is 7.43. The van der Waals surface area contributed by atoms with Gasteiger partial charge < -0.3 is 9.88 Å². The minimum absolute atomic E-state index is 0.339. The summed E-state index contributed by atoms with van der Waals surface area (Å²) in [6.45, 7) is 0. The number of nitrogens with zero attached hydrogens (tertiary/aromatic N) is 2. The number of rotatable bonds is 2. The second-order valence-electron chi connectivity index (χ2n) is 6.34. The van der Waals surface area contributed by atoms with Crippen LogP contribution in [0.15, 0.2) is 29.4 Å². The first-order valence-corrected chi connectivity index (χ1v) is 9.32. The number of aromatic nitrogens is 2. The van der Waals surface area contributed by atoms with Crippen LogP contribution in [0.3, 0.4) is 0 Å². The Labute approximate surface area is 124 Å². The maximum Gasteiger partial charge on any atom is 0.175 e. The molecular weight excluding hydrogens is 286 g/mol. The van der Waals surface area contributed by atoms with Crippen molar-refractivity contribution in [1.82, 2.24) is 14.9 Å². The monoisotopic (exact) mass is 305 g/mol. The van der Waals surface area contributed by atoms with Crippen molar-refractivity contribution >= 4 is 20.9 Å². The molecule has 0 unspecified atom stereocenters. The predicted octanol–water partition coefficient (Wildman–Crippen LogP) is 1.90. The summed E-state index contributed by atoms with van der Waals surface area (Å²) in [4.78, 5) is 4.76. The SMILES string of the molecule is CS(=O)(=O)c1ccc2c(c1)ncn2[C@@H]1C[C@H]2CC[C@@H](C1)N2. The Bertz CT molecular complexity index is 784. The molecule has 0 amide bonds. The number of fused-ring (bicyclic) bond motifs is 3. The van der Waals surface area contributed by atoms with E-state index in [1.54, 1.807) is 12.1 Å². The summed E-state index contributed by atoms with van der Waals surface area (Å²) in [6, 6.07) is 6.98. The lowest BCUT2D eigenvalue weighted by Gasteiger charge is -2.30. The van der Waals surface area contributed by atoms with Gasteiger partial charge in [-0.2, -0.15) is 0 Å². The molecule has 3 heterocycles. The van der Waals surface area contributed by atoms with Crippen molar-refractivity contribution in [2.24, 2.45) is 0 Å². The molecule has 21 heavy (non-hydrogen) atoms. The lowest BCUT2D eigenvalue weighted by Crippen LogP contribution is -2.38. The summed E-state index contributed by atoms with van der Waals surface area (Å²) in [5.74, 6) is 0. The quantitative estimate of drug-likeness (QED) is 0.920. The smallest absolute Gasteiger partial charge is 0.175 e. The van der Waals surface area contributed by atoms with E-state index in [1.165, 1.54) is 19.1 Å². The molecule has 2 aliphatic heterocycles. The molecule has 6 heteroatoms. The van der Waals surface area contributed by atoms with Gasteiger partial charge in [0.2, 0.25) is 0 Å². The van der Waals surface area contributed by atoms with Gasteiger partial charge in [0.05, 0.1) is 22.3 Å². The first kappa shape index (κ1) is 13.3. The summed E-state index contributed by atoms with van der Waals surface area (Å²) < 4.78 is 25.5. The van der Waals surface area contributed by atoms with E-state index in [4.69, 9.17) is 0 Å². The van der Waals surface area contributed by atoms with Crippen LogP contribution >= 0.6 is 0 Å². The van der Waals surface area contributed by atoms with Gasteiger partial charge in [0.15, 0.2) is 9.84 Å². The summed E-state index contributed by atoms with van der Waals surface area (Å²) in [5, 5.41) is 3.65. The molecule has 3 atom stereocenters. The Hall–Kier alpha value is -1.40. The average Bonchev–Trinajstić information content (AvgIpc) is 3.00. The normalized spacial score (nSPS) is 29.1. The minimum Gasteiger partial charge on any atom is -0.327 e. The third-order valence-corrected chi connectivity index (χ3v) is 5.93. The molecule has 5 nitrogen and oxygen atoms in total. The number of piperidine rings is 1. The molecule has 4 rings (SSSR count). The molecule has 1 N–H and O–H groups in total. The zero-order valence-electron chi connectivity index (χ0n) is 12.0. The highest BCUT2D eigenvalue weighted by atomic mass is 32.2.